The fourth-order valence-corrected chi connectivity index (χ4v) is 1.61. The molecule has 0 aliphatic heterocycles. The van der Waals surface area contributed by atoms with Crippen LogP contribution < -0.4 is 0 Å². The second kappa shape index (κ2) is 9.44. The van der Waals surface area contributed by atoms with Crippen molar-refractivity contribution in [2.75, 3.05) is 26.2 Å². The summed E-state index contributed by atoms with van der Waals surface area (Å²) in [6.07, 6.45) is 3.99. The van der Waals surface area contributed by atoms with Gasteiger partial charge in [0.1, 0.15) is 0 Å². The molecule has 86 valence electrons. The lowest BCUT2D eigenvalue weighted by molar-refractivity contribution is 0.124. The van der Waals surface area contributed by atoms with Gasteiger partial charge in [0.15, 0.2) is 0 Å². The highest BCUT2D eigenvalue weighted by atomic mass is 16.3. The monoisotopic (exact) mass is 203 g/mol. The van der Waals surface area contributed by atoms with Crippen LogP contribution in [0.4, 0.5) is 0 Å². The minimum atomic E-state index is -0.237. The van der Waals surface area contributed by atoms with Crippen LogP contribution in [-0.4, -0.2) is 47.5 Å². The fourth-order valence-electron chi connectivity index (χ4n) is 1.61. The van der Waals surface area contributed by atoms with Crippen molar-refractivity contribution in [1.29, 1.82) is 0 Å². The summed E-state index contributed by atoms with van der Waals surface area (Å²) in [5.74, 6) is 0. The first-order chi connectivity index (χ1) is 6.70. The average molecular weight is 203 g/mol. The Balaban J connectivity index is 3.51. The van der Waals surface area contributed by atoms with E-state index >= 15 is 0 Å². The lowest BCUT2D eigenvalue weighted by atomic mass is 10.2. The molecule has 0 aromatic heterocycles. The van der Waals surface area contributed by atoms with Gasteiger partial charge in [-0.1, -0.05) is 6.92 Å². The van der Waals surface area contributed by atoms with Crippen molar-refractivity contribution in [3.63, 3.8) is 0 Å². The van der Waals surface area contributed by atoms with E-state index in [1.54, 1.807) is 0 Å². The zero-order valence-electron chi connectivity index (χ0n) is 9.58. The summed E-state index contributed by atoms with van der Waals surface area (Å²) in [5.41, 5.74) is 0. The minimum absolute atomic E-state index is 0.237. The van der Waals surface area contributed by atoms with Gasteiger partial charge in [-0.15, -0.1) is 0 Å². The molecule has 3 heteroatoms. The fraction of sp³-hybridized carbons (Fsp3) is 1.00. The standard InChI is InChI=1S/C11H25NO2/c1-3-7-12(10-11(2)14)8-5-4-6-9-13/h11,13-14H,3-10H2,1-2H3. The largest absolute Gasteiger partial charge is 0.396 e. The van der Waals surface area contributed by atoms with E-state index in [0.717, 1.165) is 45.3 Å². The van der Waals surface area contributed by atoms with Crippen LogP contribution in [0.5, 0.6) is 0 Å². The molecule has 0 aliphatic carbocycles. The smallest absolute Gasteiger partial charge is 0.0639 e. The summed E-state index contributed by atoms with van der Waals surface area (Å²) in [5, 5.41) is 17.9. The van der Waals surface area contributed by atoms with E-state index in [2.05, 4.69) is 11.8 Å². The van der Waals surface area contributed by atoms with Crippen molar-refractivity contribution in [3.8, 4) is 0 Å². The highest BCUT2D eigenvalue weighted by molar-refractivity contribution is 4.60. The molecule has 0 saturated heterocycles. The molecule has 1 unspecified atom stereocenters. The van der Waals surface area contributed by atoms with Crippen molar-refractivity contribution in [3.05, 3.63) is 0 Å². The van der Waals surface area contributed by atoms with Crippen LogP contribution in [0.15, 0.2) is 0 Å². The second-order valence-electron chi connectivity index (χ2n) is 3.93. The van der Waals surface area contributed by atoms with Crippen LogP contribution in [-0.2, 0) is 0 Å². The Morgan fingerprint density at radius 1 is 1.14 bits per heavy atom. The third kappa shape index (κ3) is 8.48. The van der Waals surface area contributed by atoms with E-state index < -0.39 is 0 Å². The van der Waals surface area contributed by atoms with Crippen molar-refractivity contribution in [1.82, 2.24) is 4.90 Å². The number of nitrogens with zero attached hydrogens (tertiary/aromatic N) is 1. The minimum Gasteiger partial charge on any atom is -0.396 e. The highest BCUT2D eigenvalue weighted by Gasteiger charge is 2.06. The molecule has 1 atom stereocenters. The van der Waals surface area contributed by atoms with Crippen molar-refractivity contribution in [2.24, 2.45) is 0 Å². The number of rotatable bonds is 9. The predicted molar refractivity (Wildman–Crippen MR) is 59.3 cm³/mol. The maximum Gasteiger partial charge on any atom is 0.0639 e. The van der Waals surface area contributed by atoms with Crippen molar-refractivity contribution in [2.45, 2.75) is 45.6 Å². The zero-order chi connectivity index (χ0) is 10.8. The molecular formula is C11H25NO2. The Kier molecular flexibility index (Phi) is 9.35. The van der Waals surface area contributed by atoms with Gasteiger partial charge in [-0.25, -0.2) is 0 Å². The van der Waals surface area contributed by atoms with Gasteiger partial charge in [0, 0.05) is 13.2 Å². The molecule has 0 saturated carbocycles. The molecule has 0 heterocycles. The maximum absolute atomic E-state index is 9.27. The Bertz CT molecular complexity index is 118. The lowest BCUT2D eigenvalue weighted by Crippen LogP contribution is -2.32. The van der Waals surface area contributed by atoms with E-state index in [0.29, 0.717) is 6.61 Å². The summed E-state index contributed by atoms with van der Waals surface area (Å²) in [6, 6.07) is 0. The van der Waals surface area contributed by atoms with Crippen molar-refractivity contribution >= 4 is 0 Å². The SMILES string of the molecule is CCCN(CCCCCO)CC(C)O. The number of unbranched alkanes of at least 4 members (excludes halogenated alkanes) is 2. The molecule has 0 aliphatic rings. The molecular weight excluding hydrogens is 178 g/mol. The van der Waals surface area contributed by atoms with Crippen LogP contribution in [0.3, 0.4) is 0 Å². The summed E-state index contributed by atoms with van der Waals surface area (Å²) in [4.78, 5) is 2.29. The topological polar surface area (TPSA) is 43.7 Å². The molecule has 0 radical (unpaired) electrons. The van der Waals surface area contributed by atoms with E-state index in [1.807, 2.05) is 6.92 Å². The summed E-state index contributed by atoms with van der Waals surface area (Å²) in [6.45, 7) is 7.15. The van der Waals surface area contributed by atoms with E-state index in [9.17, 15) is 5.11 Å². The number of aliphatic hydroxyl groups excluding tert-OH is 2. The van der Waals surface area contributed by atoms with E-state index in [4.69, 9.17) is 5.11 Å². The van der Waals surface area contributed by atoms with Gasteiger partial charge in [0.25, 0.3) is 0 Å². The maximum atomic E-state index is 9.27. The van der Waals surface area contributed by atoms with Gasteiger partial charge in [-0.05, 0) is 45.7 Å². The molecule has 0 spiro atoms. The van der Waals surface area contributed by atoms with Gasteiger partial charge in [-0.2, -0.15) is 0 Å². The summed E-state index contributed by atoms with van der Waals surface area (Å²) >= 11 is 0. The molecule has 0 fully saturated rings. The average Bonchev–Trinajstić information content (AvgIpc) is 2.12. The van der Waals surface area contributed by atoms with E-state index in [1.165, 1.54) is 0 Å². The van der Waals surface area contributed by atoms with Gasteiger partial charge < -0.3 is 15.1 Å². The predicted octanol–water partition coefficient (Wildman–Crippen LogP) is 1.24. The Morgan fingerprint density at radius 3 is 2.36 bits per heavy atom. The Morgan fingerprint density at radius 2 is 1.86 bits per heavy atom. The Labute approximate surface area is 87.7 Å². The van der Waals surface area contributed by atoms with E-state index in [-0.39, 0.29) is 6.10 Å². The Hall–Kier alpha value is -0.120. The first-order valence-electron chi connectivity index (χ1n) is 5.72. The molecule has 0 rings (SSSR count). The molecule has 14 heavy (non-hydrogen) atoms. The summed E-state index contributed by atoms with van der Waals surface area (Å²) in [7, 11) is 0. The van der Waals surface area contributed by atoms with Gasteiger partial charge in [0.2, 0.25) is 0 Å². The second-order valence-corrected chi connectivity index (χ2v) is 3.93. The molecule has 2 N–H and O–H groups in total. The summed E-state index contributed by atoms with van der Waals surface area (Å²) < 4.78 is 0. The first-order valence-corrected chi connectivity index (χ1v) is 5.72. The molecule has 0 aromatic carbocycles. The number of hydrogen-bond donors (Lipinski definition) is 2. The highest BCUT2D eigenvalue weighted by Crippen LogP contribution is 2.01. The van der Waals surface area contributed by atoms with Crippen LogP contribution in [0.2, 0.25) is 0 Å². The zero-order valence-corrected chi connectivity index (χ0v) is 9.58. The first kappa shape index (κ1) is 13.9. The lowest BCUT2D eigenvalue weighted by Gasteiger charge is -2.22. The van der Waals surface area contributed by atoms with Crippen LogP contribution in [0.25, 0.3) is 0 Å². The third-order valence-corrected chi connectivity index (χ3v) is 2.19. The molecule has 0 bridgehead atoms. The number of aliphatic hydroxyl groups is 2. The van der Waals surface area contributed by atoms with Gasteiger partial charge in [-0.3, -0.25) is 0 Å². The van der Waals surface area contributed by atoms with Crippen LogP contribution in [0, 0.1) is 0 Å². The number of hydrogen-bond acceptors (Lipinski definition) is 3. The van der Waals surface area contributed by atoms with Crippen molar-refractivity contribution < 1.29 is 10.2 Å². The quantitative estimate of drug-likeness (QED) is 0.554. The van der Waals surface area contributed by atoms with Crippen LogP contribution in [0.1, 0.15) is 39.5 Å². The van der Waals surface area contributed by atoms with Gasteiger partial charge >= 0.3 is 0 Å². The normalized spacial score (nSPS) is 13.5. The van der Waals surface area contributed by atoms with Crippen LogP contribution >= 0.6 is 0 Å². The third-order valence-electron chi connectivity index (χ3n) is 2.19. The molecule has 3 nitrogen and oxygen atoms in total. The van der Waals surface area contributed by atoms with Gasteiger partial charge in [0.05, 0.1) is 6.10 Å². The molecule has 0 aromatic rings. The molecule has 0 amide bonds.